The number of hydrogen-bond donors (Lipinski definition) is 0. The molecule has 0 N–H and O–H groups in total. The van der Waals surface area contributed by atoms with Gasteiger partial charge in [-0.25, -0.2) is 4.68 Å². The number of rotatable bonds is 3. The van der Waals surface area contributed by atoms with E-state index in [1.165, 1.54) is 6.20 Å². The number of ketones is 1. The van der Waals surface area contributed by atoms with E-state index in [4.69, 9.17) is 0 Å². The van der Waals surface area contributed by atoms with E-state index in [-0.39, 0.29) is 5.78 Å². The van der Waals surface area contributed by atoms with Crippen LogP contribution >= 0.6 is 0 Å². The predicted octanol–water partition coefficient (Wildman–Crippen LogP) is 2.81. The van der Waals surface area contributed by atoms with Crippen LogP contribution in [0.25, 0.3) is 5.69 Å². The topological polar surface area (TPSA) is 47.8 Å². The van der Waals surface area contributed by atoms with Crippen LogP contribution < -0.4 is 0 Å². The molecule has 0 spiro atoms. The predicted molar refractivity (Wildman–Crippen MR) is 76.0 cm³/mol. The van der Waals surface area contributed by atoms with Crippen LogP contribution in [0.15, 0.2) is 60.8 Å². The van der Waals surface area contributed by atoms with Gasteiger partial charge in [0.2, 0.25) is 5.78 Å². The first-order valence-corrected chi connectivity index (χ1v) is 6.33. The summed E-state index contributed by atoms with van der Waals surface area (Å²) < 4.78 is 1.56. The Bertz CT molecular complexity index is 730. The molecule has 98 valence electrons. The number of aromatic nitrogens is 3. The fourth-order valence-electron chi connectivity index (χ4n) is 2.00. The maximum absolute atomic E-state index is 12.5. The van der Waals surface area contributed by atoms with Gasteiger partial charge >= 0.3 is 0 Å². The zero-order valence-corrected chi connectivity index (χ0v) is 11.0. The van der Waals surface area contributed by atoms with Crippen molar-refractivity contribution in [1.82, 2.24) is 15.0 Å². The molecule has 1 heterocycles. The summed E-state index contributed by atoms with van der Waals surface area (Å²) >= 11 is 0. The number of carbonyl (C=O) groups excluding carboxylic acids is 1. The van der Waals surface area contributed by atoms with Gasteiger partial charge in [0.1, 0.15) is 5.69 Å². The molecule has 0 bridgehead atoms. The second-order valence-corrected chi connectivity index (χ2v) is 4.56. The van der Waals surface area contributed by atoms with Crippen molar-refractivity contribution in [2.45, 2.75) is 6.92 Å². The molecule has 2 aromatic carbocycles. The molecule has 4 nitrogen and oxygen atoms in total. The molecule has 4 heteroatoms. The SMILES string of the molecule is Cc1ccc(C(=O)c2cnnn2-c2ccccc2)cc1. The molecule has 0 atom stereocenters. The number of carbonyl (C=O) groups is 1. The van der Waals surface area contributed by atoms with E-state index in [1.54, 1.807) is 4.68 Å². The van der Waals surface area contributed by atoms with E-state index in [2.05, 4.69) is 10.3 Å². The summed E-state index contributed by atoms with van der Waals surface area (Å²) in [5.41, 5.74) is 3.03. The first kappa shape index (κ1) is 12.3. The normalized spacial score (nSPS) is 10.4. The lowest BCUT2D eigenvalue weighted by Gasteiger charge is -2.05. The molecule has 3 aromatic rings. The van der Waals surface area contributed by atoms with Crippen LogP contribution in [0.3, 0.4) is 0 Å². The molecular weight excluding hydrogens is 250 g/mol. The average molecular weight is 263 g/mol. The molecule has 0 aliphatic heterocycles. The van der Waals surface area contributed by atoms with Crippen LogP contribution in [0.4, 0.5) is 0 Å². The monoisotopic (exact) mass is 263 g/mol. The van der Waals surface area contributed by atoms with E-state index >= 15 is 0 Å². The maximum Gasteiger partial charge on any atom is 0.213 e. The molecule has 1 aromatic heterocycles. The van der Waals surface area contributed by atoms with Gasteiger partial charge in [0.15, 0.2) is 0 Å². The standard InChI is InChI=1S/C16H13N3O/c1-12-7-9-13(10-8-12)16(20)15-11-17-18-19(15)14-5-3-2-4-6-14/h2-11H,1H3. The third-order valence-corrected chi connectivity index (χ3v) is 3.10. The first-order chi connectivity index (χ1) is 9.75. The largest absolute Gasteiger partial charge is 0.287 e. The van der Waals surface area contributed by atoms with E-state index in [9.17, 15) is 4.79 Å². The summed E-state index contributed by atoms with van der Waals surface area (Å²) in [6.07, 6.45) is 1.50. The zero-order chi connectivity index (χ0) is 13.9. The third kappa shape index (κ3) is 2.23. The summed E-state index contributed by atoms with van der Waals surface area (Å²) in [5.74, 6) is -0.0844. The van der Waals surface area contributed by atoms with Gasteiger partial charge in [-0.15, -0.1) is 5.10 Å². The first-order valence-electron chi connectivity index (χ1n) is 6.33. The van der Waals surface area contributed by atoms with Gasteiger partial charge in [0, 0.05) is 5.56 Å². The molecule has 20 heavy (non-hydrogen) atoms. The number of para-hydroxylation sites is 1. The summed E-state index contributed by atoms with van der Waals surface area (Å²) in [7, 11) is 0. The van der Waals surface area contributed by atoms with Gasteiger partial charge in [-0.1, -0.05) is 53.2 Å². The van der Waals surface area contributed by atoms with Crippen LogP contribution in [0, 0.1) is 6.92 Å². The van der Waals surface area contributed by atoms with Crippen molar-refractivity contribution < 1.29 is 4.79 Å². The highest BCUT2D eigenvalue weighted by atomic mass is 16.1. The number of hydrogen-bond acceptors (Lipinski definition) is 3. The van der Waals surface area contributed by atoms with E-state index < -0.39 is 0 Å². The Morgan fingerprint density at radius 3 is 2.40 bits per heavy atom. The fourth-order valence-corrected chi connectivity index (χ4v) is 2.00. The minimum Gasteiger partial charge on any atom is -0.287 e. The number of benzene rings is 2. The van der Waals surface area contributed by atoms with Crippen molar-refractivity contribution >= 4 is 5.78 Å². The minimum absolute atomic E-state index is 0.0844. The van der Waals surface area contributed by atoms with Crippen molar-refractivity contribution in [1.29, 1.82) is 0 Å². The molecule has 0 saturated carbocycles. The lowest BCUT2D eigenvalue weighted by molar-refractivity contribution is 0.103. The molecule has 0 radical (unpaired) electrons. The second kappa shape index (κ2) is 5.09. The Hall–Kier alpha value is -2.75. The van der Waals surface area contributed by atoms with Crippen LogP contribution in [0.1, 0.15) is 21.6 Å². The van der Waals surface area contributed by atoms with Crippen molar-refractivity contribution in [2.24, 2.45) is 0 Å². The Balaban J connectivity index is 2.02. The molecule has 0 aliphatic rings. The molecule has 3 rings (SSSR count). The van der Waals surface area contributed by atoms with Gasteiger partial charge < -0.3 is 0 Å². The van der Waals surface area contributed by atoms with Gasteiger partial charge in [-0.3, -0.25) is 4.79 Å². The zero-order valence-electron chi connectivity index (χ0n) is 11.0. The average Bonchev–Trinajstić information content (AvgIpc) is 2.97. The van der Waals surface area contributed by atoms with E-state index in [0.29, 0.717) is 11.3 Å². The summed E-state index contributed by atoms with van der Waals surface area (Å²) in [6.45, 7) is 1.99. The Morgan fingerprint density at radius 1 is 1.00 bits per heavy atom. The summed E-state index contributed by atoms with van der Waals surface area (Å²) in [4.78, 5) is 12.5. The van der Waals surface area contributed by atoms with Crippen LogP contribution in [-0.2, 0) is 0 Å². The number of nitrogens with zero attached hydrogens (tertiary/aromatic N) is 3. The van der Waals surface area contributed by atoms with Crippen LogP contribution in [0.2, 0.25) is 0 Å². The highest BCUT2D eigenvalue weighted by Gasteiger charge is 2.16. The van der Waals surface area contributed by atoms with Crippen molar-refractivity contribution in [2.75, 3.05) is 0 Å². The summed E-state index contributed by atoms with van der Waals surface area (Å²) in [5, 5.41) is 7.85. The molecule has 0 aliphatic carbocycles. The molecule has 0 fully saturated rings. The molecule has 0 unspecified atom stereocenters. The maximum atomic E-state index is 12.5. The molecule has 0 amide bonds. The third-order valence-electron chi connectivity index (χ3n) is 3.10. The highest BCUT2D eigenvalue weighted by Crippen LogP contribution is 2.14. The van der Waals surface area contributed by atoms with E-state index in [1.807, 2.05) is 61.5 Å². The summed E-state index contributed by atoms with van der Waals surface area (Å²) in [6, 6.07) is 17.0. The lowest BCUT2D eigenvalue weighted by atomic mass is 10.1. The van der Waals surface area contributed by atoms with Crippen LogP contribution in [0.5, 0.6) is 0 Å². The fraction of sp³-hybridized carbons (Fsp3) is 0.0625. The smallest absolute Gasteiger partial charge is 0.213 e. The van der Waals surface area contributed by atoms with Gasteiger partial charge in [0.25, 0.3) is 0 Å². The lowest BCUT2D eigenvalue weighted by Crippen LogP contribution is -2.10. The highest BCUT2D eigenvalue weighted by molar-refractivity contribution is 6.08. The quantitative estimate of drug-likeness (QED) is 0.683. The Morgan fingerprint density at radius 2 is 1.70 bits per heavy atom. The van der Waals surface area contributed by atoms with Crippen molar-refractivity contribution in [3.8, 4) is 5.69 Å². The molecule has 0 saturated heterocycles. The van der Waals surface area contributed by atoms with Crippen molar-refractivity contribution in [3.63, 3.8) is 0 Å². The van der Waals surface area contributed by atoms with Gasteiger partial charge in [-0.05, 0) is 19.1 Å². The van der Waals surface area contributed by atoms with Crippen molar-refractivity contribution in [3.05, 3.63) is 77.6 Å². The molecular formula is C16H13N3O. The van der Waals surface area contributed by atoms with Gasteiger partial charge in [-0.2, -0.15) is 0 Å². The van der Waals surface area contributed by atoms with E-state index in [0.717, 1.165) is 11.3 Å². The number of aryl methyl sites for hydroxylation is 1. The Labute approximate surface area is 116 Å². The van der Waals surface area contributed by atoms with Crippen LogP contribution in [-0.4, -0.2) is 20.8 Å². The van der Waals surface area contributed by atoms with Gasteiger partial charge in [0.05, 0.1) is 11.9 Å². The minimum atomic E-state index is -0.0844. The second-order valence-electron chi connectivity index (χ2n) is 4.56. The Kier molecular flexibility index (Phi) is 3.13.